The Labute approximate surface area is 163 Å². The molecular weight excluding hydrogens is 387 g/mol. The van der Waals surface area contributed by atoms with E-state index in [9.17, 15) is 4.57 Å². The number of nitrogen functional groups attached to an aromatic ring is 1. The second-order valence-corrected chi connectivity index (χ2v) is 7.63. The number of hydrogen-bond donors (Lipinski definition) is 2. The van der Waals surface area contributed by atoms with Gasteiger partial charge in [0.1, 0.15) is 17.9 Å². The molecule has 5 atom stereocenters. The molecule has 3 rings (SSSR count). The molecule has 0 saturated carbocycles. The number of nitrogens with one attached hydrogen (secondary N) is 1. The minimum atomic E-state index is -2.11. The summed E-state index contributed by atoms with van der Waals surface area (Å²) in [5, 5.41) is 2.83. The molecule has 0 radical (unpaired) electrons. The van der Waals surface area contributed by atoms with Crippen LogP contribution in [-0.2, 0) is 29.8 Å². The van der Waals surface area contributed by atoms with Gasteiger partial charge in [0, 0.05) is 0 Å². The summed E-state index contributed by atoms with van der Waals surface area (Å²) in [6, 6.07) is -0.264. The number of imidazole rings is 1. The molecule has 11 nitrogen and oxygen atoms in total. The van der Waals surface area contributed by atoms with Crippen molar-refractivity contribution in [3.8, 4) is 0 Å². The molecule has 154 valence electrons. The average molecular weight is 413 g/mol. The van der Waals surface area contributed by atoms with E-state index in [1.807, 2.05) is 25.3 Å². The first-order chi connectivity index (χ1) is 13.5. The van der Waals surface area contributed by atoms with E-state index in [0.717, 1.165) is 6.42 Å². The normalized spacial score (nSPS) is 22.5. The number of nitrogens with zero attached hydrogens (tertiary/aromatic N) is 4. The zero-order valence-corrected chi connectivity index (χ0v) is 17.0. The summed E-state index contributed by atoms with van der Waals surface area (Å²) in [4.78, 5) is 12.3. The molecular formula is C16H26N6O5P+. The molecule has 28 heavy (non-hydrogen) atoms. The fourth-order valence-electron chi connectivity index (χ4n) is 2.77. The van der Waals surface area contributed by atoms with Gasteiger partial charge in [-0.15, -0.1) is 4.52 Å². The van der Waals surface area contributed by atoms with Gasteiger partial charge in [-0.2, -0.15) is 0 Å². The highest BCUT2D eigenvalue weighted by atomic mass is 31.1. The highest BCUT2D eigenvalue weighted by molar-refractivity contribution is 7.36. The van der Waals surface area contributed by atoms with Crippen LogP contribution in [0.5, 0.6) is 0 Å². The zero-order chi connectivity index (χ0) is 20.1. The van der Waals surface area contributed by atoms with Gasteiger partial charge in [-0.3, -0.25) is 0 Å². The lowest BCUT2D eigenvalue weighted by Gasteiger charge is -2.15. The Morgan fingerprint density at radius 3 is 3.00 bits per heavy atom. The van der Waals surface area contributed by atoms with Gasteiger partial charge in [-0.25, -0.2) is 15.0 Å². The molecule has 1 aliphatic heterocycles. The average Bonchev–Trinajstić information content (AvgIpc) is 3.30. The quantitative estimate of drug-likeness (QED) is 0.436. The molecule has 0 spiro atoms. The first-order valence-electron chi connectivity index (χ1n) is 9.14. The fraction of sp³-hybridized carbons (Fsp3) is 0.688. The first-order valence-corrected chi connectivity index (χ1v) is 10.3. The maximum absolute atomic E-state index is 12.0. The molecule has 2 aromatic heterocycles. The molecule has 12 heteroatoms. The number of aromatic nitrogens is 4. The summed E-state index contributed by atoms with van der Waals surface area (Å²) < 4.78 is 35.9. The van der Waals surface area contributed by atoms with E-state index in [0.29, 0.717) is 30.1 Å². The molecule has 1 aliphatic rings. The lowest BCUT2D eigenvalue weighted by atomic mass is 10.3. The van der Waals surface area contributed by atoms with Crippen molar-refractivity contribution in [1.82, 2.24) is 24.6 Å². The summed E-state index contributed by atoms with van der Waals surface area (Å²) in [6.07, 6.45) is 3.32. The summed E-state index contributed by atoms with van der Waals surface area (Å²) >= 11 is 0. The third kappa shape index (κ3) is 5.19. The number of nitrogens with two attached hydrogens (primary N) is 1. The van der Waals surface area contributed by atoms with Crippen LogP contribution in [0.3, 0.4) is 0 Å². The SMILES string of the molecule is CC[C@H]1COC([C@H](C)N[P+](=O)OCO[C@H](C)Cn2cnc3c(N)ncnc32)O1. The molecule has 0 bridgehead atoms. The third-order valence-electron chi connectivity index (χ3n) is 4.35. The Morgan fingerprint density at radius 2 is 2.25 bits per heavy atom. The number of fused-ring (bicyclic) bond motifs is 1. The Bertz CT molecular complexity index is 805. The van der Waals surface area contributed by atoms with Crippen LogP contribution >= 0.6 is 8.18 Å². The van der Waals surface area contributed by atoms with Gasteiger partial charge in [-0.1, -0.05) is 12.0 Å². The fourth-order valence-corrected chi connectivity index (χ4v) is 3.45. The third-order valence-corrected chi connectivity index (χ3v) is 5.31. The number of anilines is 1. The molecule has 0 aliphatic carbocycles. The summed E-state index contributed by atoms with van der Waals surface area (Å²) in [6.45, 7) is 6.65. The monoisotopic (exact) mass is 413 g/mol. The molecule has 3 N–H and O–H groups in total. The van der Waals surface area contributed by atoms with Crippen molar-refractivity contribution < 1.29 is 23.3 Å². The van der Waals surface area contributed by atoms with Crippen molar-refractivity contribution >= 4 is 25.2 Å². The number of rotatable bonds is 10. The largest absolute Gasteiger partial charge is 0.615 e. The topological polar surface area (TPSA) is 136 Å². The highest BCUT2D eigenvalue weighted by Crippen LogP contribution is 2.23. The number of ether oxygens (including phenoxy) is 3. The molecule has 2 unspecified atom stereocenters. The highest BCUT2D eigenvalue weighted by Gasteiger charge is 2.34. The van der Waals surface area contributed by atoms with Gasteiger partial charge in [0.2, 0.25) is 6.79 Å². The molecule has 1 saturated heterocycles. The van der Waals surface area contributed by atoms with Crippen LogP contribution in [0.1, 0.15) is 27.2 Å². The zero-order valence-electron chi connectivity index (χ0n) is 16.1. The summed E-state index contributed by atoms with van der Waals surface area (Å²) in [5.74, 6) is 0.332. The van der Waals surface area contributed by atoms with Gasteiger partial charge in [-0.05, 0) is 24.8 Å². The van der Waals surface area contributed by atoms with Gasteiger partial charge in [0.05, 0.1) is 31.7 Å². The minimum Gasteiger partial charge on any atom is -0.382 e. The van der Waals surface area contributed by atoms with E-state index in [1.54, 1.807) is 6.33 Å². The van der Waals surface area contributed by atoms with E-state index in [-0.39, 0.29) is 25.0 Å². The van der Waals surface area contributed by atoms with Crippen LogP contribution < -0.4 is 10.8 Å². The molecule has 0 aromatic carbocycles. The Morgan fingerprint density at radius 1 is 1.43 bits per heavy atom. The summed E-state index contributed by atoms with van der Waals surface area (Å²) in [5.41, 5.74) is 6.96. The van der Waals surface area contributed by atoms with Crippen molar-refractivity contribution in [2.24, 2.45) is 0 Å². The van der Waals surface area contributed by atoms with Crippen LogP contribution in [0.2, 0.25) is 0 Å². The van der Waals surface area contributed by atoms with Crippen molar-refractivity contribution in [2.45, 2.75) is 58.3 Å². The number of hydrogen-bond acceptors (Lipinski definition) is 9. The van der Waals surface area contributed by atoms with E-state index < -0.39 is 14.5 Å². The first kappa shape index (κ1) is 21.0. The Kier molecular flexibility index (Phi) is 7.22. The van der Waals surface area contributed by atoms with Gasteiger partial charge in [0.15, 0.2) is 17.8 Å². The van der Waals surface area contributed by atoms with Crippen LogP contribution in [-0.4, -0.2) is 57.5 Å². The molecule has 3 heterocycles. The smallest absolute Gasteiger partial charge is 0.382 e. The standard InChI is InChI=1S/C16H26N6O5P/c1-4-12-6-24-16(27-12)11(3)21-28(23)26-9-25-10(2)5-22-8-20-13-14(17)18-7-19-15(13)22/h7-8,10-12,16H,4-6,9H2,1-3H3,(H,21,23)(H2,17,18,19)/q+1/t10-,11+,12+,16?/m1/s1. The van der Waals surface area contributed by atoms with Crippen molar-refractivity contribution in [1.29, 1.82) is 0 Å². The second-order valence-electron chi connectivity index (χ2n) is 6.60. The maximum Gasteiger partial charge on any atom is 0.615 e. The molecule has 0 amide bonds. The maximum atomic E-state index is 12.0. The van der Waals surface area contributed by atoms with E-state index in [2.05, 4.69) is 20.0 Å². The predicted molar refractivity (Wildman–Crippen MR) is 101 cm³/mol. The lowest BCUT2D eigenvalue weighted by Crippen LogP contribution is -2.34. The Hall–Kier alpha value is -1.75. The van der Waals surface area contributed by atoms with Crippen molar-refractivity contribution in [3.05, 3.63) is 12.7 Å². The van der Waals surface area contributed by atoms with Crippen LogP contribution in [0.25, 0.3) is 11.2 Å². The minimum absolute atomic E-state index is 0.0807. The van der Waals surface area contributed by atoms with Crippen molar-refractivity contribution in [2.75, 3.05) is 19.1 Å². The van der Waals surface area contributed by atoms with Gasteiger partial charge in [0.25, 0.3) is 0 Å². The lowest BCUT2D eigenvalue weighted by molar-refractivity contribution is -0.0747. The van der Waals surface area contributed by atoms with E-state index >= 15 is 0 Å². The van der Waals surface area contributed by atoms with E-state index in [1.165, 1.54) is 6.33 Å². The van der Waals surface area contributed by atoms with Gasteiger partial charge >= 0.3 is 8.18 Å². The summed E-state index contributed by atoms with van der Waals surface area (Å²) in [7, 11) is -2.11. The second kappa shape index (κ2) is 9.64. The van der Waals surface area contributed by atoms with E-state index in [4.69, 9.17) is 24.5 Å². The van der Waals surface area contributed by atoms with Crippen LogP contribution in [0.15, 0.2) is 12.7 Å². The molecule has 2 aromatic rings. The van der Waals surface area contributed by atoms with Crippen molar-refractivity contribution in [3.63, 3.8) is 0 Å². The molecule has 1 fully saturated rings. The predicted octanol–water partition coefficient (Wildman–Crippen LogP) is 1.57. The van der Waals surface area contributed by atoms with Crippen LogP contribution in [0.4, 0.5) is 5.82 Å². The Balaban J connectivity index is 1.39. The van der Waals surface area contributed by atoms with Crippen LogP contribution in [0, 0.1) is 0 Å². The van der Waals surface area contributed by atoms with Gasteiger partial charge < -0.3 is 24.5 Å².